The lowest BCUT2D eigenvalue weighted by Crippen LogP contribution is -2.52. The Morgan fingerprint density at radius 2 is 1.60 bits per heavy atom. The Bertz CT molecular complexity index is 416. The van der Waals surface area contributed by atoms with E-state index in [1.165, 1.54) is 0 Å². The third kappa shape index (κ3) is 3.27. The summed E-state index contributed by atoms with van der Waals surface area (Å²) in [5.74, 6) is -1.75. The number of hydrogen-bond donors (Lipinski definition) is 1. The summed E-state index contributed by atoms with van der Waals surface area (Å²) < 4.78 is 0. The molecule has 0 unspecified atom stereocenters. The van der Waals surface area contributed by atoms with Crippen molar-refractivity contribution in [2.24, 2.45) is 11.8 Å². The number of piperazine rings is 1. The Kier molecular flexibility index (Phi) is 4.27. The molecule has 7 heteroatoms. The number of carboxylic acids is 1. The number of amides is 2. The van der Waals surface area contributed by atoms with Gasteiger partial charge in [0.15, 0.2) is 0 Å². The Balaban J connectivity index is 1.78. The summed E-state index contributed by atoms with van der Waals surface area (Å²) in [6.45, 7) is 2.44. The van der Waals surface area contributed by atoms with Crippen molar-refractivity contribution in [2.75, 3.05) is 46.8 Å². The van der Waals surface area contributed by atoms with Crippen molar-refractivity contribution < 1.29 is 19.5 Å². The maximum atomic E-state index is 12.1. The third-order valence-electron chi connectivity index (χ3n) is 3.82. The number of carbonyl (C=O) groups excluding carboxylic acids is 2. The average molecular weight is 283 g/mol. The molecule has 1 N–H and O–H groups in total. The van der Waals surface area contributed by atoms with Gasteiger partial charge in [-0.3, -0.25) is 14.4 Å². The fourth-order valence-corrected chi connectivity index (χ4v) is 2.52. The van der Waals surface area contributed by atoms with E-state index in [0.717, 1.165) is 0 Å². The van der Waals surface area contributed by atoms with Crippen LogP contribution in [0.1, 0.15) is 6.42 Å². The van der Waals surface area contributed by atoms with E-state index in [4.69, 9.17) is 5.11 Å². The smallest absolute Gasteiger partial charge is 0.307 e. The largest absolute Gasteiger partial charge is 0.481 e. The number of carbonyl (C=O) groups is 3. The molecule has 1 saturated heterocycles. The molecule has 112 valence electrons. The lowest BCUT2D eigenvalue weighted by atomic mass is 10.2. The van der Waals surface area contributed by atoms with Crippen LogP contribution < -0.4 is 0 Å². The van der Waals surface area contributed by atoms with E-state index < -0.39 is 11.9 Å². The van der Waals surface area contributed by atoms with Crippen LogP contribution in [-0.2, 0) is 14.4 Å². The second-order valence-corrected chi connectivity index (χ2v) is 5.73. The molecule has 0 spiro atoms. The Morgan fingerprint density at radius 1 is 1.05 bits per heavy atom. The first kappa shape index (κ1) is 14.8. The minimum absolute atomic E-state index is 0.0666. The maximum absolute atomic E-state index is 12.1. The fraction of sp³-hybridized carbons (Fsp3) is 0.769. The van der Waals surface area contributed by atoms with Crippen LogP contribution in [0, 0.1) is 11.8 Å². The van der Waals surface area contributed by atoms with Gasteiger partial charge in [-0.25, -0.2) is 0 Å². The van der Waals surface area contributed by atoms with Gasteiger partial charge < -0.3 is 19.8 Å². The lowest BCUT2D eigenvalue weighted by molar-refractivity contribution is -0.143. The molecule has 0 aromatic heterocycles. The van der Waals surface area contributed by atoms with Crippen LogP contribution in [0.2, 0.25) is 0 Å². The number of carboxylic acid groups (broad SMARTS) is 1. The molecule has 0 bridgehead atoms. The van der Waals surface area contributed by atoms with Crippen molar-refractivity contribution >= 4 is 17.8 Å². The minimum atomic E-state index is -0.886. The quantitative estimate of drug-likeness (QED) is 0.711. The molecular formula is C13H21N3O4. The topological polar surface area (TPSA) is 81.2 Å². The van der Waals surface area contributed by atoms with E-state index in [9.17, 15) is 14.4 Å². The van der Waals surface area contributed by atoms with E-state index in [-0.39, 0.29) is 17.7 Å². The molecule has 1 aliphatic heterocycles. The van der Waals surface area contributed by atoms with Gasteiger partial charge in [-0.2, -0.15) is 0 Å². The predicted octanol–water partition coefficient (Wildman–Crippen LogP) is -1.06. The highest BCUT2D eigenvalue weighted by molar-refractivity contribution is 5.89. The summed E-state index contributed by atoms with van der Waals surface area (Å²) in [7, 11) is 3.69. The highest BCUT2D eigenvalue weighted by Gasteiger charge is 2.50. The number of hydrogen-bond acceptors (Lipinski definition) is 4. The van der Waals surface area contributed by atoms with Gasteiger partial charge in [0.1, 0.15) is 0 Å². The highest BCUT2D eigenvalue weighted by Crippen LogP contribution is 2.40. The third-order valence-corrected chi connectivity index (χ3v) is 3.82. The number of likely N-dealkylation sites (N-methyl/N-ethyl adjacent to an activating group) is 1. The molecule has 0 radical (unpaired) electrons. The van der Waals surface area contributed by atoms with Crippen LogP contribution in [0.5, 0.6) is 0 Å². The van der Waals surface area contributed by atoms with E-state index in [1.54, 1.807) is 9.80 Å². The Labute approximate surface area is 118 Å². The van der Waals surface area contributed by atoms with Crippen molar-refractivity contribution in [2.45, 2.75) is 6.42 Å². The van der Waals surface area contributed by atoms with Gasteiger partial charge in [-0.1, -0.05) is 0 Å². The van der Waals surface area contributed by atoms with Crippen LogP contribution in [0.25, 0.3) is 0 Å². The zero-order chi connectivity index (χ0) is 14.9. The second-order valence-electron chi connectivity index (χ2n) is 5.73. The number of nitrogens with zero attached hydrogens (tertiary/aromatic N) is 3. The predicted molar refractivity (Wildman–Crippen MR) is 70.9 cm³/mol. The van der Waals surface area contributed by atoms with Gasteiger partial charge in [-0.15, -0.1) is 0 Å². The average Bonchev–Trinajstić information content (AvgIpc) is 3.17. The van der Waals surface area contributed by atoms with Crippen LogP contribution >= 0.6 is 0 Å². The van der Waals surface area contributed by atoms with Crippen molar-refractivity contribution in [1.29, 1.82) is 0 Å². The van der Waals surface area contributed by atoms with Crippen molar-refractivity contribution in [3.05, 3.63) is 0 Å². The van der Waals surface area contributed by atoms with Gasteiger partial charge in [0.25, 0.3) is 0 Å². The molecule has 1 saturated carbocycles. The molecule has 2 atom stereocenters. The van der Waals surface area contributed by atoms with E-state index in [0.29, 0.717) is 39.1 Å². The zero-order valence-electron chi connectivity index (χ0n) is 11.9. The van der Waals surface area contributed by atoms with Gasteiger partial charge >= 0.3 is 5.97 Å². The molecule has 1 heterocycles. The summed E-state index contributed by atoms with van der Waals surface area (Å²) in [6, 6.07) is 0. The summed E-state index contributed by atoms with van der Waals surface area (Å²) in [4.78, 5) is 40.0. The Morgan fingerprint density at radius 3 is 2.05 bits per heavy atom. The second kappa shape index (κ2) is 5.78. The van der Waals surface area contributed by atoms with Crippen molar-refractivity contribution in [3.8, 4) is 0 Å². The van der Waals surface area contributed by atoms with Gasteiger partial charge in [-0.05, 0) is 20.5 Å². The van der Waals surface area contributed by atoms with E-state index in [2.05, 4.69) is 0 Å². The van der Waals surface area contributed by atoms with E-state index in [1.807, 2.05) is 19.0 Å². The molecule has 20 heavy (non-hydrogen) atoms. The monoisotopic (exact) mass is 283 g/mol. The fourth-order valence-electron chi connectivity index (χ4n) is 2.52. The van der Waals surface area contributed by atoms with Gasteiger partial charge in [0, 0.05) is 26.2 Å². The maximum Gasteiger partial charge on any atom is 0.307 e. The first-order valence-electron chi connectivity index (χ1n) is 6.84. The van der Waals surface area contributed by atoms with E-state index >= 15 is 0 Å². The van der Waals surface area contributed by atoms with Gasteiger partial charge in [0.2, 0.25) is 11.8 Å². The lowest BCUT2D eigenvalue weighted by Gasteiger charge is -2.35. The molecular weight excluding hydrogens is 262 g/mol. The molecule has 2 aliphatic rings. The molecule has 0 aromatic carbocycles. The summed E-state index contributed by atoms with van der Waals surface area (Å²) >= 11 is 0. The highest BCUT2D eigenvalue weighted by atomic mass is 16.4. The first-order valence-corrected chi connectivity index (χ1v) is 6.84. The molecule has 0 aromatic rings. The van der Waals surface area contributed by atoms with Crippen molar-refractivity contribution in [1.82, 2.24) is 14.7 Å². The normalized spacial score (nSPS) is 25.8. The van der Waals surface area contributed by atoms with Crippen LogP contribution in [0.3, 0.4) is 0 Å². The van der Waals surface area contributed by atoms with Crippen LogP contribution in [-0.4, -0.2) is 84.4 Å². The van der Waals surface area contributed by atoms with Crippen LogP contribution in [0.4, 0.5) is 0 Å². The summed E-state index contributed by atoms with van der Waals surface area (Å²) in [5, 5.41) is 8.84. The van der Waals surface area contributed by atoms with Gasteiger partial charge in [0.05, 0.1) is 18.4 Å². The first-order chi connectivity index (χ1) is 9.40. The molecule has 2 rings (SSSR count). The zero-order valence-corrected chi connectivity index (χ0v) is 11.9. The SMILES string of the molecule is CN(C)CC(=O)N1CCN(C(=O)[C@@H]2C[C@@H]2C(=O)O)CC1. The van der Waals surface area contributed by atoms with Crippen molar-refractivity contribution in [3.63, 3.8) is 0 Å². The number of aliphatic carboxylic acids is 1. The molecule has 2 amide bonds. The Hall–Kier alpha value is -1.63. The molecule has 2 fully saturated rings. The number of rotatable bonds is 4. The summed E-state index contributed by atoms with van der Waals surface area (Å²) in [6.07, 6.45) is 0.452. The summed E-state index contributed by atoms with van der Waals surface area (Å²) in [5.41, 5.74) is 0. The standard InChI is InChI=1S/C13H21N3O4/c1-14(2)8-11(17)15-3-5-16(6-4-15)12(18)9-7-10(9)13(19)20/h9-10H,3-8H2,1-2H3,(H,19,20)/t9-,10+/m1/s1. The van der Waals surface area contributed by atoms with Crippen LogP contribution in [0.15, 0.2) is 0 Å². The minimum Gasteiger partial charge on any atom is -0.481 e. The molecule has 7 nitrogen and oxygen atoms in total. The molecule has 1 aliphatic carbocycles.